The van der Waals surface area contributed by atoms with Gasteiger partial charge in [-0.15, -0.1) is 0 Å². The van der Waals surface area contributed by atoms with Crippen molar-refractivity contribution >= 4 is 16.9 Å². The third kappa shape index (κ3) is 5.29. The SMILES string of the molecule is CCCCCCc1cc2c3c(c(=O)oc2cc1OCc1ccc(C(=O)OC)cc1)CCCC3. The topological polar surface area (TPSA) is 65.7 Å². The summed E-state index contributed by atoms with van der Waals surface area (Å²) in [5.74, 6) is 0.402. The lowest BCUT2D eigenvalue weighted by atomic mass is 9.89. The quantitative estimate of drug-likeness (QED) is 0.223. The zero-order valence-corrected chi connectivity index (χ0v) is 19.6. The minimum atomic E-state index is -0.357. The molecule has 0 atom stereocenters. The van der Waals surface area contributed by atoms with Gasteiger partial charge in [-0.2, -0.15) is 0 Å². The summed E-state index contributed by atoms with van der Waals surface area (Å²) in [5, 5.41) is 1.06. The number of rotatable bonds is 9. The highest BCUT2D eigenvalue weighted by atomic mass is 16.5. The van der Waals surface area contributed by atoms with Gasteiger partial charge in [0.1, 0.15) is 17.9 Å². The molecule has 1 aliphatic rings. The molecule has 4 rings (SSSR count). The van der Waals surface area contributed by atoms with E-state index in [0.717, 1.165) is 71.9 Å². The standard InChI is InChI=1S/C28H32O5/c1-3-4-5-6-9-21-16-24-22-10-7-8-11-23(22)28(30)33-26(24)17-25(21)32-18-19-12-14-20(15-13-19)27(29)31-2/h12-17H,3-11,18H2,1-2H3. The van der Waals surface area contributed by atoms with Crippen LogP contribution >= 0.6 is 0 Å². The van der Waals surface area contributed by atoms with Crippen molar-refractivity contribution in [3.63, 3.8) is 0 Å². The lowest BCUT2D eigenvalue weighted by Crippen LogP contribution is -2.16. The maximum absolute atomic E-state index is 12.6. The molecule has 0 amide bonds. The number of carbonyl (C=O) groups is 1. The number of hydrogen-bond donors (Lipinski definition) is 0. The fourth-order valence-electron chi connectivity index (χ4n) is 4.60. The van der Waals surface area contributed by atoms with E-state index in [1.54, 1.807) is 12.1 Å². The molecule has 0 saturated heterocycles. The molecular formula is C28H32O5. The predicted molar refractivity (Wildman–Crippen MR) is 129 cm³/mol. The molecule has 0 saturated carbocycles. The first-order valence-electron chi connectivity index (χ1n) is 12.0. The van der Waals surface area contributed by atoms with Gasteiger partial charge < -0.3 is 13.9 Å². The number of benzene rings is 2. The summed E-state index contributed by atoms with van der Waals surface area (Å²) < 4.78 is 16.7. The molecular weight excluding hydrogens is 416 g/mol. The highest BCUT2D eigenvalue weighted by Crippen LogP contribution is 2.33. The Morgan fingerprint density at radius 2 is 1.76 bits per heavy atom. The molecule has 5 heteroatoms. The fourth-order valence-corrected chi connectivity index (χ4v) is 4.60. The number of carbonyl (C=O) groups excluding carboxylic acids is 1. The molecule has 5 nitrogen and oxygen atoms in total. The first kappa shape index (κ1) is 23.1. The summed E-state index contributed by atoms with van der Waals surface area (Å²) >= 11 is 0. The van der Waals surface area contributed by atoms with Gasteiger partial charge in [0.2, 0.25) is 0 Å². The number of fused-ring (bicyclic) bond motifs is 3. The van der Waals surface area contributed by atoms with Crippen LogP contribution in [0.3, 0.4) is 0 Å². The fraction of sp³-hybridized carbons (Fsp3) is 0.429. The summed E-state index contributed by atoms with van der Waals surface area (Å²) in [4.78, 5) is 24.2. The monoisotopic (exact) mass is 448 g/mol. The molecule has 1 aliphatic carbocycles. The second kappa shape index (κ2) is 10.7. The number of ether oxygens (including phenoxy) is 2. The van der Waals surface area contributed by atoms with Crippen molar-refractivity contribution in [1.82, 2.24) is 0 Å². The van der Waals surface area contributed by atoms with Crippen molar-refractivity contribution in [2.24, 2.45) is 0 Å². The van der Waals surface area contributed by atoms with Crippen LogP contribution in [-0.2, 0) is 30.6 Å². The Bertz CT molecular complexity index is 1170. The van der Waals surface area contributed by atoms with Crippen LogP contribution in [0.25, 0.3) is 11.0 Å². The average Bonchev–Trinajstić information content (AvgIpc) is 2.85. The molecule has 1 aromatic heterocycles. The smallest absolute Gasteiger partial charge is 0.339 e. The third-order valence-corrected chi connectivity index (χ3v) is 6.47. The minimum Gasteiger partial charge on any atom is -0.488 e. The van der Waals surface area contributed by atoms with Gasteiger partial charge in [0.05, 0.1) is 12.7 Å². The molecule has 174 valence electrons. The first-order chi connectivity index (χ1) is 16.1. The highest BCUT2D eigenvalue weighted by Gasteiger charge is 2.20. The van der Waals surface area contributed by atoms with Crippen molar-refractivity contribution in [1.29, 1.82) is 0 Å². The van der Waals surface area contributed by atoms with E-state index in [2.05, 4.69) is 13.0 Å². The van der Waals surface area contributed by atoms with Crippen molar-refractivity contribution in [2.45, 2.75) is 71.3 Å². The van der Waals surface area contributed by atoms with Gasteiger partial charge >= 0.3 is 11.6 Å². The summed E-state index contributed by atoms with van der Waals surface area (Å²) in [7, 11) is 1.37. The molecule has 33 heavy (non-hydrogen) atoms. The van der Waals surface area contributed by atoms with E-state index in [-0.39, 0.29) is 11.6 Å². The van der Waals surface area contributed by atoms with Gasteiger partial charge in [-0.3, -0.25) is 0 Å². The molecule has 0 bridgehead atoms. The highest BCUT2D eigenvalue weighted by molar-refractivity contribution is 5.89. The van der Waals surface area contributed by atoms with Gasteiger partial charge in [0.15, 0.2) is 0 Å². The van der Waals surface area contributed by atoms with Crippen LogP contribution in [0.5, 0.6) is 5.75 Å². The van der Waals surface area contributed by atoms with E-state index in [0.29, 0.717) is 17.8 Å². The molecule has 1 heterocycles. The Kier molecular flexibility index (Phi) is 7.48. The lowest BCUT2D eigenvalue weighted by Gasteiger charge is -2.18. The Balaban J connectivity index is 1.63. The number of hydrogen-bond acceptors (Lipinski definition) is 5. The Morgan fingerprint density at radius 3 is 2.48 bits per heavy atom. The van der Waals surface area contributed by atoms with Crippen LogP contribution in [0.15, 0.2) is 45.6 Å². The summed E-state index contributed by atoms with van der Waals surface area (Å²) in [5.41, 5.74) is 5.02. The van der Waals surface area contributed by atoms with Crippen LogP contribution in [0.4, 0.5) is 0 Å². The van der Waals surface area contributed by atoms with Crippen LogP contribution in [0.1, 0.15) is 78.1 Å². The van der Waals surface area contributed by atoms with Crippen LogP contribution in [-0.4, -0.2) is 13.1 Å². The van der Waals surface area contributed by atoms with Crippen molar-refractivity contribution in [2.75, 3.05) is 7.11 Å². The second-order valence-electron chi connectivity index (χ2n) is 8.80. The van der Waals surface area contributed by atoms with E-state index in [1.807, 2.05) is 18.2 Å². The van der Waals surface area contributed by atoms with E-state index in [9.17, 15) is 9.59 Å². The molecule has 0 aliphatic heterocycles. The molecule has 0 spiro atoms. The second-order valence-corrected chi connectivity index (χ2v) is 8.80. The Morgan fingerprint density at radius 1 is 1.00 bits per heavy atom. The molecule has 0 N–H and O–H groups in total. The average molecular weight is 449 g/mol. The Hall–Kier alpha value is -3.08. The number of methoxy groups -OCH3 is 1. The van der Waals surface area contributed by atoms with Gasteiger partial charge in [-0.1, -0.05) is 38.3 Å². The lowest BCUT2D eigenvalue weighted by molar-refractivity contribution is 0.0600. The van der Waals surface area contributed by atoms with E-state index in [4.69, 9.17) is 13.9 Å². The van der Waals surface area contributed by atoms with Crippen molar-refractivity contribution < 1.29 is 18.7 Å². The molecule has 0 unspecified atom stereocenters. The maximum Gasteiger partial charge on any atom is 0.339 e. The molecule has 2 aromatic carbocycles. The third-order valence-electron chi connectivity index (χ3n) is 6.47. The molecule has 0 fully saturated rings. The van der Waals surface area contributed by atoms with Crippen LogP contribution < -0.4 is 10.4 Å². The largest absolute Gasteiger partial charge is 0.488 e. The Labute approximate surface area is 194 Å². The van der Waals surface area contributed by atoms with E-state index in [1.165, 1.54) is 26.4 Å². The van der Waals surface area contributed by atoms with E-state index < -0.39 is 0 Å². The zero-order valence-electron chi connectivity index (χ0n) is 19.6. The zero-order chi connectivity index (χ0) is 23.2. The summed E-state index contributed by atoms with van der Waals surface area (Å²) in [6, 6.07) is 11.3. The van der Waals surface area contributed by atoms with Crippen molar-refractivity contribution in [3.8, 4) is 5.75 Å². The summed E-state index contributed by atoms with van der Waals surface area (Å²) in [6.45, 7) is 2.58. The van der Waals surface area contributed by atoms with Crippen molar-refractivity contribution in [3.05, 3.63) is 74.6 Å². The number of aryl methyl sites for hydroxylation is 2. The van der Waals surface area contributed by atoms with Gasteiger partial charge in [0, 0.05) is 17.0 Å². The minimum absolute atomic E-state index is 0.211. The predicted octanol–water partition coefficient (Wildman–Crippen LogP) is 6.16. The maximum atomic E-state index is 12.6. The van der Waals surface area contributed by atoms with Crippen LogP contribution in [0.2, 0.25) is 0 Å². The summed E-state index contributed by atoms with van der Waals surface area (Å²) in [6.07, 6.45) is 9.52. The van der Waals surface area contributed by atoms with Crippen LogP contribution in [0, 0.1) is 0 Å². The molecule has 0 radical (unpaired) electrons. The van der Waals surface area contributed by atoms with Gasteiger partial charge in [0.25, 0.3) is 0 Å². The first-order valence-corrected chi connectivity index (χ1v) is 12.0. The van der Waals surface area contributed by atoms with Gasteiger partial charge in [-0.25, -0.2) is 9.59 Å². The number of esters is 1. The normalized spacial score (nSPS) is 13.0. The number of unbranched alkanes of at least 4 members (excludes halogenated alkanes) is 3. The van der Waals surface area contributed by atoms with Gasteiger partial charge in [-0.05, 0) is 73.4 Å². The van der Waals surface area contributed by atoms with E-state index >= 15 is 0 Å². The molecule has 3 aromatic rings.